The van der Waals surface area contributed by atoms with Gasteiger partial charge in [0.1, 0.15) is 5.60 Å². The van der Waals surface area contributed by atoms with Gasteiger partial charge in [-0.05, 0) is 38.1 Å². The number of carbonyl (C=O) groups is 1. The Kier molecular flexibility index (Phi) is 4.14. The molecule has 1 rings (SSSR count). The second-order valence-electron chi connectivity index (χ2n) is 4.53. The molecule has 18 heavy (non-hydrogen) atoms. The number of ether oxygens (including phenoxy) is 1. The van der Waals surface area contributed by atoms with Gasteiger partial charge in [-0.2, -0.15) is 0 Å². The maximum absolute atomic E-state index is 11.7. The van der Waals surface area contributed by atoms with Gasteiger partial charge in [-0.15, -0.1) is 4.91 Å². The van der Waals surface area contributed by atoms with Gasteiger partial charge >= 0.3 is 5.97 Å². The fraction of sp³-hybridized carbons (Fsp3) is 0.333. The minimum atomic E-state index is -0.966. The Labute approximate surface area is 104 Å². The van der Waals surface area contributed by atoms with Gasteiger partial charge in [0.25, 0.3) is 0 Å². The Morgan fingerprint density at radius 3 is 2.33 bits per heavy atom. The number of aromatic nitrogens is 1. The van der Waals surface area contributed by atoms with E-state index < -0.39 is 23.0 Å². The minimum absolute atomic E-state index is 0.269. The van der Waals surface area contributed by atoms with E-state index in [0.29, 0.717) is 0 Å². The highest BCUT2D eigenvalue weighted by molar-refractivity contribution is 5.95. The summed E-state index contributed by atoms with van der Waals surface area (Å²) in [5.74, 6) is -1.49. The molecule has 0 saturated carbocycles. The van der Waals surface area contributed by atoms with Crippen LogP contribution in [0.15, 0.2) is 35.4 Å². The Morgan fingerprint density at radius 2 is 1.89 bits per heavy atom. The topological polar surface area (TPSA) is 88.8 Å². The van der Waals surface area contributed by atoms with Crippen LogP contribution in [-0.2, 0) is 9.53 Å². The average Bonchev–Trinajstić information content (AvgIpc) is 2.28. The molecule has 0 unspecified atom stereocenters. The zero-order chi connectivity index (χ0) is 13.8. The molecule has 0 aromatic carbocycles. The smallest absolute Gasteiger partial charge is 0.365 e. The molecule has 1 aromatic heterocycles. The van der Waals surface area contributed by atoms with Crippen LogP contribution in [0.1, 0.15) is 26.3 Å². The van der Waals surface area contributed by atoms with E-state index in [0.717, 1.165) is 0 Å². The van der Waals surface area contributed by atoms with Crippen molar-refractivity contribution in [2.45, 2.75) is 26.4 Å². The fourth-order valence-electron chi connectivity index (χ4n) is 1.15. The Bertz CT molecular complexity index is 475. The number of esters is 1. The molecule has 0 aliphatic rings. The first-order valence-electron chi connectivity index (χ1n) is 5.25. The summed E-state index contributed by atoms with van der Waals surface area (Å²) < 4.78 is 4.97. The number of aliphatic hydroxyl groups is 1. The lowest BCUT2D eigenvalue weighted by atomic mass is 10.1. The summed E-state index contributed by atoms with van der Waals surface area (Å²) in [5.41, 5.74) is -1.16. The van der Waals surface area contributed by atoms with E-state index in [-0.39, 0.29) is 5.56 Å². The molecule has 96 valence electrons. The summed E-state index contributed by atoms with van der Waals surface area (Å²) >= 11 is 0. The monoisotopic (exact) mass is 250 g/mol. The molecule has 0 spiro atoms. The Balaban J connectivity index is 3.09. The summed E-state index contributed by atoms with van der Waals surface area (Å²) in [6.07, 6.45) is 2.84. The molecule has 6 heteroatoms. The largest absolute Gasteiger partial charge is 0.505 e. The van der Waals surface area contributed by atoms with E-state index in [9.17, 15) is 14.8 Å². The molecular formula is C12H14N2O4. The molecule has 1 heterocycles. The summed E-state index contributed by atoms with van der Waals surface area (Å²) in [5, 5.41) is 12.3. The van der Waals surface area contributed by atoms with Crippen molar-refractivity contribution >= 4 is 11.7 Å². The third kappa shape index (κ3) is 3.65. The second kappa shape index (κ2) is 5.39. The fourth-order valence-corrected chi connectivity index (χ4v) is 1.15. The molecule has 6 nitrogen and oxygen atoms in total. The molecule has 1 N–H and O–H groups in total. The number of rotatable bonds is 3. The number of hydrogen-bond donors (Lipinski definition) is 1. The van der Waals surface area contributed by atoms with Gasteiger partial charge < -0.3 is 9.84 Å². The van der Waals surface area contributed by atoms with Crippen LogP contribution in [0.3, 0.4) is 0 Å². The minimum Gasteiger partial charge on any atom is -0.505 e. The number of aliphatic hydroxyl groups excluding tert-OH is 1. The lowest BCUT2D eigenvalue weighted by Crippen LogP contribution is -2.25. The van der Waals surface area contributed by atoms with E-state index in [4.69, 9.17) is 4.74 Å². The molecule has 0 atom stereocenters. The number of nitroso groups, excluding NO2 is 1. The average molecular weight is 250 g/mol. The van der Waals surface area contributed by atoms with Crippen LogP contribution in [0.5, 0.6) is 0 Å². The van der Waals surface area contributed by atoms with Crippen molar-refractivity contribution in [3.63, 3.8) is 0 Å². The zero-order valence-electron chi connectivity index (χ0n) is 10.4. The third-order valence-electron chi connectivity index (χ3n) is 1.86. The molecule has 1 aromatic rings. The molecule has 0 fully saturated rings. The number of carbonyl (C=O) groups excluding carboxylic acids is 1. The Morgan fingerprint density at radius 1 is 1.33 bits per heavy atom. The molecule has 0 amide bonds. The lowest BCUT2D eigenvalue weighted by molar-refractivity contribution is -0.149. The van der Waals surface area contributed by atoms with Crippen LogP contribution in [0.2, 0.25) is 0 Å². The van der Waals surface area contributed by atoms with Gasteiger partial charge in [-0.3, -0.25) is 4.98 Å². The Hall–Kier alpha value is -2.24. The quantitative estimate of drug-likeness (QED) is 0.385. The van der Waals surface area contributed by atoms with Crippen molar-refractivity contribution in [2.24, 2.45) is 5.18 Å². The predicted octanol–water partition coefficient (Wildman–Crippen LogP) is 2.42. The van der Waals surface area contributed by atoms with Crippen molar-refractivity contribution in [2.75, 3.05) is 0 Å². The van der Waals surface area contributed by atoms with Crippen LogP contribution in [0.4, 0.5) is 0 Å². The zero-order valence-corrected chi connectivity index (χ0v) is 10.4. The first kappa shape index (κ1) is 13.8. The van der Waals surface area contributed by atoms with Crippen LogP contribution in [0, 0.1) is 4.91 Å². The molecule has 0 aliphatic carbocycles. The van der Waals surface area contributed by atoms with E-state index in [2.05, 4.69) is 10.2 Å². The van der Waals surface area contributed by atoms with Crippen LogP contribution in [-0.4, -0.2) is 21.7 Å². The third-order valence-corrected chi connectivity index (χ3v) is 1.86. The first-order valence-corrected chi connectivity index (χ1v) is 5.25. The van der Waals surface area contributed by atoms with E-state index in [1.807, 2.05) is 0 Å². The SMILES string of the molecule is CC(C)(C)OC(=O)C(N=O)=C(O)c1ccncc1. The molecular weight excluding hydrogens is 236 g/mol. The summed E-state index contributed by atoms with van der Waals surface area (Å²) in [6.45, 7) is 4.95. The highest BCUT2D eigenvalue weighted by atomic mass is 16.6. The molecule has 0 bridgehead atoms. The standard InChI is InChI=1S/C12H14N2O4/c1-12(2,3)18-11(16)9(14-17)10(15)8-4-6-13-7-5-8/h4-7,15H,1-3H3. The number of nitrogens with zero attached hydrogens (tertiary/aromatic N) is 2. The van der Waals surface area contributed by atoms with Crippen molar-refractivity contribution < 1.29 is 14.6 Å². The van der Waals surface area contributed by atoms with Gasteiger partial charge in [0, 0.05) is 18.0 Å². The van der Waals surface area contributed by atoms with Gasteiger partial charge in [-0.25, -0.2) is 4.79 Å². The number of hydrogen-bond acceptors (Lipinski definition) is 6. The van der Waals surface area contributed by atoms with Gasteiger partial charge in [0.15, 0.2) is 5.76 Å². The van der Waals surface area contributed by atoms with E-state index >= 15 is 0 Å². The van der Waals surface area contributed by atoms with Crippen molar-refractivity contribution in [1.82, 2.24) is 4.98 Å². The second-order valence-corrected chi connectivity index (χ2v) is 4.53. The normalized spacial score (nSPS) is 12.6. The van der Waals surface area contributed by atoms with Crippen molar-refractivity contribution in [3.05, 3.63) is 40.7 Å². The van der Waals surface area contributed by atoms with Gasteiger partial charge in [0.05, 0.1) is 0 Å². The highest BCUT2D eigenvalue weighted by Crippen LogP contribution is 2.19. The molecule has 0 radical (unpaired) electrons. The highest BCUT2D eigenvalue weighted by Gasteiger charge is 2.24. The molecule has 0 saturated heterocycles. The maximum atomic E-state index is 11.7. The van der Waals surface area contributed by atoms with E-state index in [1.165, 1.54) is 24.5 Å². The summed E-state index contributed by atoms with van der Waals surface area (Å²) in [7, 11) is 0. The van der Waals surface area contributed by atoms with Crippen LogP contribution >= 0.6 is 0 Å². The maximum Gasteiger partial charge on any atom is 0.365 e. The summed E-state index contributed by atoms with van der Waals surface area (Å²) in [6, 6.07) is 2.90. The van der Waals surface area contributed by atoms with Crippen LogP contribution in [0.25, 0.3) is 5.76 Å². The summed E-state index contributed by atoms with van der Waals surface area (Å²) in [4.78, 5) is 26.1. The number of pyridine rings is 1. The van der Waals surface area contributed by atoms with Gasteiger partial charge in [-0.1, -0.05) is 0 Å². The first-order chi connectivity index (χ1) is 8.35. The van der Waals surface area contributed by atoms with Crippen LogP contribution < -0.4 is 0 Å². The van der Waals surface area contributed by atoms with E-state index in [1.54, 1.807) is 20.8 Å². The van der Waals surface area contributed by atoms with Crippen molar-refractivity contribution in [1.29, 1.82) is 0 Å². The molecule has 0 aliphatic heterocycles. The van der Waals surface area contributed by atoms with Gasteiger partial charge in [0.2, 0.25) is 5.70 Å². The van der Waals surface area contributed by atoms with Crippen molar-refractivity contribution in [3.8, 4) is 0 Å². The predicted molar refractivity (Wildman–Crippen MR) is 65.4 cm³/mol. The lowest BCUT2D eigenvalue weighted by Gasteiger charge is -2.19.